The molecule has 0 aliphatic carbocycles. The zero-order valence-corrected chi connectivity index (χ0v) is 14.3. The molecule has 0 aromatic carbocycles. The van der Waals surface area contributed by atoms with E-state index in [1.807, 2.05) is 0 Å². The van der Waals surface area contributed by atoms with Gasteiger partial charge in [-0.05, 0) is 48.1 Å². The lowest BCUT2D eigenvalue weighted by Crippen LogP contribution is -2.35. The van der Waals surface area contributed by atoms with Gasteiger partial charge < -0.3 is 10.2 Å². The third-order valence-electron chi connectivity index (χ3n) is 4.43. The van der Waals surface area contributed by atoms with E-state index in [2.05, 4.69) is 68.6 Å². The highest BCUT2D eigenvalue weighted by Crippen LogP contribution is 2.21. The highest BCUT2D eigenvalue weighted by atomic mass is 15.3. The van der Waals surface area contributed by atoms with Gasteiger partial charge in [-0.2, -0.15) is 5.10 Å². The molecule has 4 nitrogen and oxygen atoms in total. The zero-order chi connectivity index (χ0) is 15.3. The van der Waals surface area contributed by atoms with Crippen molar-refractivity contribution in [3.63, 3.8) is 0 Å². The van der Waals surface area contributed by atoms with Crippen LogP contribution in [-0.2, 0) is 6.54 Å². The molecule has 0 amide bonds. The molecule has 0 bridgehead atoms. The summed E-state index contributed by atoms with van der Waals surface area (Å²) in [5, 5.41) is 8.23. The van der Waals surface area contributed by atoms with Gasteiger partial charge in [0.25, 0.3) is 0 Å². The van der Waals surface area contributed by atoms with Gasteiger partial charge in [-0.15, -0.1) is 0 Å². The largest absolute Gasteiger partial charge is 0.309 e. The van der Waals surface area contributed by atoms with E-state index < -0.39 is 0 Å². The lowest BCUT2D eigenvalue weighted by Gasteiger charge is -2.24. The summed E-state index contributed by atoms with van der Waals surface area (Å²) in [5.41, 5.74) is 3.80. The minimum Gasteiger partial charge on any atom is -0.309 e. The van der Waals surface area contributed by atoms with Crippen molar-refractivity contribution < 1.29 is 0 Å². The first-order valence-corrected chi connectivity index (χ1v) is 7.89. The van der Waals surface area contributed by atoms with E-state index in [9.17, 15) is 0 Å². The Labute approximate surface area is 124 Å². The monoisotopic (exact) mass is 280 g/mol. The normalized spacial score (nSPS) is 14.8. The van der Waals surface area contributed by atoms with Crippen molar-refractivity contribution in [2.24, 2.45) is 0 Å². The molecule has 1 rings (SSSR count). The number of nitrogens with one attached hydrogen (secondary N) is 1. The van der Waals surface area contributed by atoms with Crippen LogP contribution in [0, 0.1) is 13.8 Å². The Bertz CT molecular complexity index is 411. The van der Waals surface area contributed by atoms with Gasteiger partial charge in [-0.3, -0.25) is 4.68 Å². The lowest BCUT2D eigenvalue weighted by molar-refractivity contribution is 0.249. The second-order valence-electron chi connectivity index (χ2n) is 5.81. The van der Waals surface area contributed by atoms with E-state index in [0.29, 0.717) is 12.1 Å². The predicted molar refractivity (Wildman–Crippen MR) is 86.2 cm³/mol. The van der Waals surface area contributed by atoms with Gasteiger partial charge in [0.2, 0.25) is 0 Å². The van der Waals surface area contributed by atoms with Crippen molar-refractivity contribution in [3.05, 3.63) is 17.0 Å². The molecule has 0 aliphatic heterocycles. The van der Waals surface area contributed by atoms with E-state index >= 15 is 0 Å². The molecule has 1 N–H and O–H groups in total. The van der Waals surface area contributed by atoms with Crippen LogP contribution < -0.4 is 5.32 Å². The Morgan fingerprint density at radius 3 is 2.40 bits per heavy atom. The van der Waals surface area contributed by atoms with Crippen molar-refractivity contribution >= 4 is 0 Å². The zero-order valence-electron chi connectivity index (χ0n) is 14.3. The number of aromatic nitrogens is 2. The molecule has 20 heavy (non-hydrogen) atoms. The van der Waals surface area contributed by atoms with Crippen LogP contribution in [0.2, 0.25) is 0 Å². The van der Waals surface area contributed by atoms with Crippen molar-refractivity contribution in [1.29, 1.82) is 0 Å². The minimum absolute atomic E-state index is 0.362. The van der Waals surface area contributed by atoms with E-state index in [0.717, 1.165) is 25.3 Å². The molecule has 116 valence electrons. The molecular formula is C16H32N4. The van der Waals surface area contributed by atoms with E-state index in [-0.39, 0.29) is 0 Å². The lowest BCUT2D eigenvalue weighted by atomic mass is 10.1. The number of hydrogen-bond donors (Lipinski definition) is 1. The fourth-order valence-electron chi connectivity index (χ4n) is 2.74. The van der Waals surface area contributed by atoms with Crippen molar-refractivity contribution in [2.45, 2.75) is 66.6 Å². The summed E-state index contributed by atoms with van der Waals surface area (Å²) in [6.07, 6.45) is 1.20. The van der Waals surface area contributed by atoms with E-state index in [1.165, 1.54) is 17.7 Å². The standard InChI is InChI=1S/C16H32N4/c1-8-12(3)19(7)11-10-17-13(4)16-14(5)18-20(9-2)15(16)6/h12-13,17H,8-11H2,1-7H3. The van der Waals surface area contributed by atoms with E-state index in [4.69, 9.17) is 0 Å². The second kappa shape index (κ2) is 7.79. The molecule has 4 heteroatoms. The first-order valence-electron chi connectivity index (χ1n) is 7.89. The van der Waals surface area contributed by atoms with Crippen LogP contribution in [-0.4, -0.2) is 40.9 Å². The highest BCUT2D eigenvalue weighted by molar-refractivity contribution is 5.27. The Balaban J connectivity index is 2.55. The maximum absolute atomic E-state index is 4.60. The average molecular weight is 280 g/mol. The van der Waals surface area contributed by atoms with Crippen LogP contribution in [0.25, 0.3) is 0 Å². The molecule has 0 radical (unpaired) electrons. The summed E-state index contributed by atoms with van der Waals surface area (Å²) < 4.78 is 2.09. The highest BCUT2D eigenvalue weighted by Gasteiger charge is 2.16. The maximum Gasteiger partial charge on any atom is 0.0644 e. The predicted octanol–water partition coefficient (Wildman–Crippen LogP) is 2.90. The third kappa shape index (κ3) is 4.06. The summed E-state index contributed by atoms with van der Waals surface area (Å²) in [5.74, 6) is 0. The summed E-state index contributed by atoms with van der Waals surface area (Å²) in [6.45, 7) is 16.2. The van der Waals surface area contributed by atoms with Gasteiger partial charge in [-0.1, -0.05) is 6.92 Å². The Hall–Kier alpha value is -0.870. The molecule has 1 heterocycles. The van der Waals surface area contributed by atoms with Crippen LogP contribution in [0.5, 0.6) is 0 Å². The molecule has 0 fully saturated rings. The van der Waals surface area contributed by atoms with Crippen molar-refractivity contribution in [3.8, 4) is 0 Å². The van der Waals surface area contributed by atoms with Crippen molar-refractivity contribution in [2.75, 3.05) is 20.1 Å². The first kappa shape index (κ1) is 17.2. The molecule has 2 atom stereocenters. The van der Waals surface area contributed by atoms with Gasteiger partial charge in [0, 0.05) is 43.0 Å². The third-order valence-corrected chi connectivity index (χ3v) is 4.43. The molecule has 0 saturated heterocycles. The molecule has 0 aliphatic rings. The molecule has 0 saturated carbocycles. The average Bonchev–Trinajstić information content (AvgIpc) is 2.71. The fourth-order valence-corrected chi connectivity index (χ4v) is 2.74. The van der Waals surface area contributed by atoms with E-state index in [1.54, 1.807) is 0 Å². The molecule has 2 unspecified atom stereocenters. The van der Waals surface area contributed by atoms with Crippen LogP contribution >= 0.6 is 0 Å². The molecule has 0 spiro atoms. The maximum atomic E-state index is 4.60. The number of nitrogens with zero attached hydrogens (tertiary/aromatic N) is 3. The number of rotatable bonds is 8. The summed E-state index contributed by atoms with van der Waals surface area (Å²) in [4.78, 5) is 2.41. The number of aryl methyl sites for hydroxylation is 2. The summed E-state index contributed by atoms with van der Waals surface area (Å²) in [6, 6.07) is 1.01. The number of likely N-dealkylation sites (N-methyl/N-ethyl adjacent to an activating group) is 1. The Kier molecular flexibility index (Phi) is 6.69. The van der Waals surface area contributed by atoms with Gasteiger partial charge in [0.1, 0.15) is 0 Å². The molecule has 1 aromatic heterocycles. The SMILES string of the molecule is CCC(C)N(C)CCNC(C)c1c(C)nn(CC)c1C. The van der Waals surface area contributed by atoms with Crippen molar-refractivity contribution in [1.82, 2.24) is 20.0 Å². The van der Waals surface area contributed by atoms with Gasteiger partial charge in [0.05, 0.1) is 5.69 Å². The number of hydrogen-bond acceptors (Lipinski definition) is 3. The van der Waals surface area contributed by atoms with Crippen LogP contribution in [0.4, 0.5) is 0 Å². The van der Waals surface area contributed by atoms with Gasteiger partial charge >= 0.3 is 0 Å². The quantitative estimate of drug-likeness (QED) is 0.795. The first-order chi connectivity index (χ1) is 9.42. The molecule has 1 aromatic rings. The Morgan fingerprint density at radius 1 is 1.25 bits per heavy atom. The Morgan fingerprint density at radius 2 is 1.90 bits per heavy atom. The molecular weight excluding hydrogens is 248 g/mol. The van der Waals surface area contributed by atoms with Crippen LogP contribution in [0.15, 0.2) is 0 Å². The fraction of sp³-hybridized carbons (Fsp3) is 0.812. The smallest absolute Gasteiger partial charge is 0.0644 e. The summed E-state index contributed by atoms with van der Waals surface area (Å²) in [7, 11) is 2.20. The minimum atomic E-state index is 0.362. The van der Waals surface area contributed by atoms with Gasteiger partial charge in [-0.25, -0.2) is 0 Å². The van der Waals surface area contributed by atoms with Crippen LogP contribution in [0.3, 0.4) is 0 Å². The van der Waals surface area contributed by atoms with Gasteiger partial charge in [0.15, 0.2) is 0 Å². The second-order valence-corrected chi connectivity index (χ2v) is 5.81. The topological polar surface area (TPSA) is 33.1 Å². The van der Waals surface area contributed by atoms with Crippen LogP contribution in [0.1, 0.15) is 57.1 Å². The summed E-state index contributed by atoms with van der Waals surface area (Å²) >= 11 is 0.